The van der Waals surface area contributed by atoms with Crippen molar-refractivity contribution in [3.8, 4) is 5.75 Å². The molecule has 1 saturated carbocycles. The first-order chi connectivity index (χ1) is 12.0. The van der Waals surface area contributed by atoms with Crippen molar-refractivity contribution in [2.24, 2.45) is 0 Å². The van der Waals surface area contributed by atoms with Gasteiger partial charge >= 0.3 is 5.97 Å². The van der Waals surface area contributed by atoms with Crippen LogP contribution >= 0.6 is 0 Å². The fraction of sp³-hybridized carbons (Fsp3) is 0.667. The molecule has 1 aliphatic carbocycles. The Morgan fingerprint density at radius 3 is 2.38 bits per heavy atom. The topological polar surface area (TPSA) is 49.8 Å². The summed E-state index contributed by atoms with van der Waals surface area (Å²) in [6, 6.07) is 8.20. The smallest absolute Gasteiger partial charge is 0.324 e. The lowest BCUT2D eigenvalue weighted by Crippen LogP contribution is -2.52. The predicted molar refractivity (Wildman–Crippen MR) is 109 cm³/mol. The van der Waals surface area contributed by atoms with Crippen molar-refractivity contribution in [1.29, 1.82) is 0 Å². The first-order valence-electron chi connectivity index (χ1n) is 9.78. The van der Waals surface area contributed by atoms with E-state index in [2.05, 4.69) is 57.8 Å². The summed E-state index contributed by atoms with van der Waals surface area (Å²) < 4.78 is 6.42. The fourth-order valence-electron chi connectivity index (χ4n) is 3.57. The predicted octanol–water partition coefficient (Wildman–Crippen LogP) is 5.29. The molecule has 0 unspecified atom stereocenters. The third-order valence-electron chi connectivity index (χ3n) is 6.27. The Morgan fingerprint density at radius 1 is 1.27 bits per heavy atom. The molecule has 4 nitrogen and oxygen atoms in total. The van der Waals surface area contributed by atoms with E-state index in [1.807, 2.05) is 12.1 Å². The summed E-state index contributed by atoms with van der Waals surface area (Å²) in [5.74, 6) is 0.228. The van der Waals surface area contributed by atoms with E-state index in [9.17, 15) is 9.90 Å². The van der Waals surface area contributed by atoms with Crippen LogP contribution in [0.2, 0.25) is 18.1 Å². The molecule has 1 aromatic rings. The summed E-state index contributed by atoms with van der Waals surface area (Å²) in [6.45, 7) is 14.6. The molecule has 0 aliphatic heterocycles. The van der Waals surface area contributed by atoms with Crippen molar-refractivity contribution < 1.29 is 14.3 Å². The number of aliphatic carboxylic acids is 1. The molecule has 1 fully saturated rings. The van der Waals surface area contributed by atoms with E-state index in [4.69, 9.17) is 4.43 Å². The van der Waals surface area contributed by atoms with Crippen LogP contribution in [0.3, 0.4) is 0 Å². The molecule has 2 rings (SSSR count). The molecule has 26 heavy (non-hydrogen) atoms. The average molecular weight is 378 g/mol. The maximum Gasteiger partial charge on any atom is 0.324 e. The summed E-state index contributed by atoms with van der Waals surface area (Å²) in [5.41, 5.74) is 0.418. The van der Waals surface area contributed by atoms with Gasteiger partial charge in [-0.2, -0.15) is 0 Å². The number of carbonyl (C=O) groups is 1. The maximum absolute atomic E-state index is 12.0. The third-order valence-corrected chi connectivity index (χ3v) is 10.6. The normalized spacial score (nSPS) is 17.5. The van der Waals surface area contributed by atoms with Gasteiger partial charge in [-0.15, -0.1) is 0 Å². The van der Waals surface area contributed by atoms with Gasteiger partial charge in [0.05, 0.1) is 0 Å². The van der Waals surface area contributed by atoms with E-state index in [0.717, 1.165) is 43.5 Å². The lowest BCUT2D eigenvalue weighted by atomic mass is 9.94. The van der Waals surface area contributed by atoms with Crippen molar-refractivity contribution in [3.63, 3.8) is 0 Å². The summed E-state index contributed by atoms with van der Waals surface area (Å²) in [4.78, 5) is 14.2. The van der Waals surface area contributed by atoms with Crippen LogP contribution in [0.1, 0.15) is 58.9 Å². The van der Waals surface area contributed by atoms with E-state index in [0.29, 0.717) is 6.54 Å². The van der Waals surface area contributed by atoms with Crippen LogP contribution in [-0.4, -0.2) is 36.4 Å². The molecule has 1 aliphatic rings. The van der Waals surface area contributed by atoms with Crippen molar-refractivity contribution in [2.45, 2.75) is 83.6 Å². The number of carboxylic acid groups (broad SMARTS) is 1. The van der Waals surface area contributed by atoms with Crippen molar-refractivity contribution in [2.75, 3.05) is 6.54 Å². The summed E-state index contributed by atoms with van der Waals surface area (Å²) in [7, 11) is -1.88. The van der Waals surface area contributed by atoms with Crippen LogP contribution in [0.15, 0.2) is 24.3 Å². The molecule has 0 radical (unpaired) electrons. The highest BCUT2D eigenvalue weighted by molar-refractivity contribution is 6.74. The van der Waals surface area contributed by atoms with E-state index >= 15 is 0 Å². The van der Waals surface area contributed by atoms with Gasteiger partial charge in [0, 0.05) is 6.54 Å². The molecule has 0 saturated heterocycles. The van der Waals surface area contributed by atoms with Gasteiger partial charge in [0.15, 0.2) is 0 Å². The molecule has 5 heteroatoms. The van der Waals surface area contributed by atoms with E-state index in [-0.39, 0.29) is 5.04 Å². The zero-order valence-corrected chi connectivity index (χ0v) is 18.3. The van der Waals surface area contributed by atoms with Crippen LogP contribution in [0.5, 0.6) is 5.75 Å². The second-order valence-electron chi connectivity index (χ2n) is 9.07. The van der Waals surface area contributed by atoms with Crippen LogP contribution < -0.4 is 4.43 Å². The van der Waals surface area contributed by atoms with E-state index in [1.165, 1.54) is 0 Å². The Labute approximate surface area is 159 Å². The molecule has 0 aromatic heterocycles. The Balaban J connectivity index is 2.20. The van der Waals surface area contributed by atoms with Gasteiger partial charge in [0.2, 0.25) is 8.32 Å². The molecule has 1 N–H and O–H groups in total. The highest BCUT2D eigenvalue weighted by atomic mass is 28.4. The second kappa shape index (κ2) is 7.73. The largest absolute Gasteiger partial charge is 0.543 e. The molecule has 0 bridgehead atoms. The lowest BCUT2D eigenvalue weighted by molar-refractivity contribution is -0.151. The number of hydrogen-bond acceptors (Lipinski definition) is 3. The molecule has 0 spiro atoms. The SMILES string of the molecule is CCN(Cc1cccc(O[Si](C)(C)C(C)(C)C)c1)C1(C(=O)O)CCCC1. The molecule has 0 atom stereocenters. The van der Waals surface area contributed by atoms with Gasteiger partial charge in [-0.25, -0.2) is 0 Å². The summed E-state index contributed by atoms with van der Waals surface area (Å²) >= 11 is 0. The zero-order chi connectivity index (χ0) is 19.6. The minimum atomic E-state index is -1.88. The molecule has 0 amide bonds. The summed E-state index contributed by atoms with van der Waals surface area (Å²) in [5, 5.41) is 10.0. The zero-order valence-electron chi connectivity index (χ0n) is 17.3. The van der Waals surface area contributed by atoms with Crippen LogP contribution in [0.25, 0.3) is 0 Å². The Hall–Kier alpha value is -1.33. The van der Waals surface area contributed by atoms with Crippen LogP contribution in [-0.2, 0) is 11.3 Å². The lowest BCUT2D eigenvalue weighted by Gasteiger charge is -2.38. The van der Waals surface area contributed by atoms with Crippen molar-refractivity contribution in [1.82, 2.24) is 4.90 Å². The standard InChI is InChI=1S/C21H35NO3Si/c1-7-22(21(19(23)24)13-8-9-14-21)16-17-11-10-12-18(15-17)25-26(5,6)20(2,3)4/h10-12,15H,7-9,13-14,16H2,1-6H3,(H,23,24). The number of carboxylic acids is 1. The number of benzene rings is 1. The van der Waals surface area contributed by atoms with Crippen LogP contribution in [0.4, 0.5) is 0 Å². The maximum atomic E-state index is 12.0. The molecule has 146 valence electrons. The molecule has 1 aromatic carbocycles. The van der Waals surface area contributed by atoms with Crippen molar-refractivity contribution >= 4 is 14.3 Å². The van der Waals surface area contributed by atoms with E-state index in [1.54, 1.807) is 0 Å². The number of rotatable bonds is 7. The average Bonchev–Trinajstić information content (AvgIpc) is 3.02. The van der Waals surface area contributed by atoms with Gasteiger partial charge in [-0.3, -0.25) is 9.69 Å². The molecular weight excluding hydrogens is 342 g/mol. The van der Waals surface area contributed by atoms with Crippen LogP contribution in [0, 0.1) is 0 Å². The quantitative estimate of drug-likeness (QED) is 0.656. The molecular formula is C21H35NO3Si. The highest BCUT2D eigenvalue weighted by Gasteiger charge is 2.45. The Kier molecular flexibility index (Phi) is 6.23. The van der Waals surface area contributed by atoms with Crippen molar-refractivity contribution in [3.05, 3.63) is 29.8 Å². The van der Waals surface area contributed by atoms with Gasteiger partial charge < -0.3 is 9.53 Å². The number of nitrogens with zero attached hydrogens (tertiary/aromatic N) is 1. The Bertz CT molecular complexity index is 630. The van der Waals surface area contributed by atoms with E-state index < -0.39 is 19.8 Å². The number of hydrogen-bond donors (Lipinski definition) is 1. The first-order valence-corrected chi connectivity index (χ1v) is 12.7. The van der Waals surface area contributed by atoms with Gasteiger partial charge in [0.1, 0.15) is 11.3 Å². The van der Waals surface area contributed by atoms with Gasteiger partial charge in [-0.1, -0.05) is 52.7 Å². The highest BCUT2D eigenvalue weighted by Crippen LogP contribution is 2.38. The third kappa shape index (κ3) is 4.31. The fourth-order valence-corrected chi connectivity index (χ4v) is 4.59. The minimum absolute atomic E-state index is 0.148. The summed E-state index contributed by atoms with van der Waals surface area (Å²) in [6.07, 6.45) is 3.49. The first kappa shape index (κ1) is 21.0. The second-order valence-corrected chi connectivity index (χ2v) is 13.8. The monoisotopic (exact) mass is 377 g/mol. The minimum Gasteiger partial charge on any atom is -0.543 e. The van der Waals surface area contributed by atoms with Gasteiger partial charge in [0.25, 0.3) is 0 Å². The Morgan fingerprint density at radius 2 is 1.88 bits per heavy atom. The number of likely N-dealkylation sites (N-methyl/N-ethyl adjacent to an activating group) is 1. The van der Waals surface area contributed by atoms with Gasteiger partial charge in [-0.05, 0) is 55.2 Å². The molecule has 0 heterocycles.